The van der Waals surface area contributed by atoms with E-state index in [1.54, 1.807) is 0 Å². The normalized spacial score (nSPS) is 27.3. The average molecular weight is 177 g/mol. The molecule has 1 aliphatic rings. The summed E-state index contributed by atoms with van der Waals surface area (Å²) in [4.78, 5) is 11.0. The maximum atomic E-state index is 11.0. The molecule has 0 spiro atoms. The molecule has 0 aliphatic carbocycles. The summed E-state index contributed by atoms with van der Waals surface area (Å²) < 4.78 is 5.10. The molecule has 2 N–H and O–H groups in total. The molecule has 0 aromatic heterocycles. The van der Waals surface area contributed by atoms with Gasteiger partial charge in [-0.05, 0) is 5.56 Å². The van der Waals surface area contributed by atoms with Crippen LogP contribution in [0.1, 0.15) is 18.1 Å². The lowest BCUT2D eigenvalue weighted by molar-refractivity contribution is -0.142. The first-order valence-electron chi connectivity index (χ1n) is 4.28. The zero-order chi connectivity index (χ0) is 9.26. The molecule has 68 valence electrons. The molecule has 1 aromatic carbocycles. The minimum atomic E-state index is -0.454. The summed E-state index contributed by atoms with van der Waals surface area (Å²) in [5.41, 5.74) is 6.55. The van der Waals surface area contributed by atoms with Gasteiger partial charge in [-0.25, -0.2) is 0 Å². The largest absolute Gasteiger partial charge is 0.456 e. The van der Waals surface area contributed by atoms with Crippen LogP contribution in [-0.2, 0) is 9.53 Å². The van der Waals surface area contributed by atoms with Gasteiger partial charge in [-0.1, -0.05) is 30.3 Å². The van der Waals surface area contributed by atoms with E-state index in [-0.39, 0.29) is 12.1 Å². The summed E-state index contributed by atoms with van der Waals surface area (Å²) in [6.07, 6.45) is 0.437. The molecule has 0 saturated carbocycles. The first-order chi connectivity index (χ1) is 6.27. The topological polar surface area (TPSA) is 52.3 Å². The average Bonchev–Trinajstić information content (AvgIpc) is 2.49. The lowest BCUT2D eigenvalue weighted by atomic mass is 10.1. The van der Waals surface area contributed by atoms with Crippen LogP contribution in [0, 0.1) is 0 Å². The Balaban J connectivity index is 2.17. The molecule has 0 radical (unpaired) electrons. The quantitative estimate of drug-likeness (QED) is 0.651. The molecule has 13 heavy (non-hydrogen) atoms. The van der Waals surface area contributed by atoms with Crippen molar-refractivity contribution in [1.29, 1.82) is 0 Å². The Morgan fingerprint density at radius 2 is 2.00 bits per heavy atom. The Morgan fingerprint density at radius 1 is 1.31 bits per heavy atom. The number of nitrogens with two attached hydrogens (primary N) is 1. The van der Waals surface area contributed by atoms with Gasteiger partial charge in [-0.3, -0.25) is 4.79 Å². The number of carbonyl (C=O) groups excluding carboxylic acids is 1. The SMILES string of the molecule is N[C@H]1C[C@H](c2ccccc2)OC1=O. The molecule has 2 rings (SSSR count). The zero-order valence-corrected chi connectivity index (χ0v) is 7.14. The predicted octanol–water partition coefficient (Wildman–Crippen LogP) is 1.00. The van der Waals surface area contributed by atoms with E-state index >= 15 is 0 Å². The standard InChI is InChI=1S/C10H11NO2/c11-8-6-9(13-10(8)12)7-4-2-1-3-5-7/h1-5,8-9H,6,11H2/t8-,9+/m0/s1. The maximum absolute atomic E-state index is 11.0. The van der Waals surface area contributed by atoms with Crippen molar-refractivity contribution in [2.45, 2.75) is 18.6 Å². The van der Waals surface area contributed by atoms with Crippen molar-refractivity contribution in [2.75, 3.05) is 0 Å². The van der Waals surface area contributed by atoms with Crippen LogP contribution in [0.15, 0.2) is 30.3 Å². The number of ether oxygens (including phenoxy) is 1. The van der Waals surface area contributed by atoms with E-state index in [1.807, 2.05) is 30.3 Å². The van der Waals surface area contributed by atoms with Crippen LogP contribution in [-0.4, -0.2) is 12.0 Å². The highest BCUT2D eigenvalue weighted by Gasteiger charge is 2.32. The number of hydrogen-bond acceptors (Lipinski definition) is 3. The van der Waals surface area contributed by atoms with E-state index in [4.69, 9.17) is 10.5 Å². The Kier molecular flexibility index (Phi) is 2.02. The molecule has 3 heteroatoms. The fraction of sp³-hybridized carbons (Fsp3) is 0.300. The fourth-order valence-corrected chi connectivity index (χ4v) is 1.47. The first-order valence-corrected chi connectivity index (χ1v) is 4.28. The van der Waals surface area contributed by atoms with Crippen LogP contribution in [0.2, 0.25) is 0 Å². The number of benzene rings is 1. The molecule has 1 fully saturated rings. The predicted molar refractivity (Wildman–Crippen MR) is 47.9 cm³/mol. The molecule has 2 atom stereocenters. The van der Waals surface area contributed by atoms with E-state index in [0.29, 0.717) is 6.42 Å². The van der Waals surface area contributed by atoms with Crippen LogP contribution in [0.4, 0.5) is 0 Å². The molecule has 1 heterocycles. The van der Waals surface area contributed by atoms with Crippen molar-refractivity contribution < 1.29 is 9.53 Å². The van der Waals surface area contributed by atoms with Gasteiger partial charge in [-0.2, -0.15) is 0 Å². The van der Waals surface area contributed by atoms with Crippen LogP contribution < -0.4 is 5.73 Å². The summed E-state index contributed by atoms with van der Waals surface area (Å²) in [5, 5.41) is 0. The third-order valence-corrected chi connectivity index (χ3v) is 2.20. The van der Waals surface area contributed by atoms with Gasteiger partial charge in [0.15, 0.2) is 0 Å². The Hall–Kier alpha value is -1.35. The minimum absolute atomic E-state index is 0.149. The second-order valence-corrected chi connectivity index (χ2v) is 3.18. The highest BCUT2D eigenvalue weighted by molar-refractivity contribution is 5.77. The van der Waals surface area contributed by atoms with E-state index < -0.39 is 6.04 Å². The van der Waals surface area contributed by atoms with E-state index in [2.05, 4.69) is 0 Å². The molecule has 0 bridgehead atoms. The highest BCUT2D eigenvalue weighted by Crippen LogP contribution is 2.28. The van der Waals surface area contributed by atoms with Crippen molar-refractivity contribution in [3.63, 3.8) is 0 Å². The summed E-state index contributed by atoms with van der Waals surface area (Å²) in [6, 6.07) is 9.21. The lowest BCUT2D eigenvalue weighted by Crippen LogP contribution is -2.24. The van der Waals surface area contributed by atoms with Gasteiger partial charge in [-0.15, -0.1) is 0 Å². The third-order valence-electron chi connectivity index (χ3n) is 2.20. The molecular weight excluding hydrogens is 166 g/mol. The lowest BCUT2D eigenvalue weighted by Gasteiger charge is -2.07. The van der Waals surface area contributed by atoms with Crippen LogP contribution in [0.5, 0.6) is 0 Å². The summed E-state index contributed by atoms with van der Waals surface area (Å²) in [7, 11) is 0. The molecule has 3 nitrogen and oxygen atoms in total. The van der Waals surface area contributed by atoms with E-state index in [0.717, 1.165) is 5.56 Å². The number of hydrogen-bond donors (Lipinski definition) is 1. The third kappa shape index (κ3) is 1.55. The van der Waals surface area contributed by atoms with E-state index in [9.17, 15) is 4.79 Å². The Labute approximate surface area is 76.5 Å². The Morgan fingerprint density at radius 3 is 2.54 bits per heavy atom. The van der Waals surface area contributed by atoms with Gasteiger partial charge in [0, 0.05) is 6.42 Å². The molecule has 1 aliphatic heterocycles. The first kappa shape index (κ1) is 8.26. The minimum Gasteiger partial charge on any atom is -0.456 e. The molecule has 0 amide bonds. The fourth-order valence-electron chi connectivity index (χ4n) is 1.47. The van der Waals surface area contributed by atoms with Gasteiger partial charge in [0.1, 0.15) is 12.1 Å². The van der Waals surface area contributed by atoms with Crippen molar-refractivity contribution in [1.82, 2.24) is 0 Å². The number of cyclic esters (lactones) is 1. The second kappa shape index (κ2) is 3.18. The monoisotopic (exact) mass is 177 g/mol. The van der Waals surface area contributed by atoms with Crippen LogP contribution in [0.25, 0.3) is 0 Å². The van der Waals surface area contributed by atoms with Crippen molar-refractivity contribution in [3.8, 4) is 0 Å². The van der Waals surface area contributed by atoms with Gasteiger partial charge in [0.05, 0.1) is 0 Å². The van der Waals surface area contributed by atoms with Gasteiger partial charge >= 0.3 is 5.97 Å². The van der Waals surface area contributed by atoms with Gasteiger partial charge in [0.25, 0.3) is 0 Å². The van der Waals surface area contributed by atoms with Crippen LogP contribution >= 0.6 is 0 Å². The summed E-state index contributed by atoms with van der Waals surface area (Å²) in [5.74, 6) is -0.297. The van der Waals surface area contributed by atoms with E-state index in [1.165, 1.54) is 0 Å². The van der Waals surface area contributed by atoms with Gasteiger partial charge < -0.3 is 10.5 Å². The van der Waals surface area contributed by atoms with Crippen molar-refractivity contribution in [3.05, 3.63) is 35.9 Å². The zero-order valence-electron chi connectivity index (χ0n) is 7.14. The smallest absolute Gasteiger partial charge is 0.323 e. The van der Waals surface area contributed by atoms with Crippen LogP contribution in [0.3, 0.4) is 0 Å². The molecular formula is C10H11NO2. The second-order valence-electron chi connectivity index (χ2n) is 3.18. The molecule has 0 unspecified atom stereocenters. The highest BCUT2D eigenvalue weighted by atomic mass is 16.6. The van der Waals surface area contributed by atoms with Crippen molar-refractivity contribution in [2.24, 2.45) is 5.73 Å². The summed E-state index contributed by atoms with van der Waals surface area (Å²) >= 11 is 0. The molecule has 1 aromatic rings. The maximum Gasteiger partial charge on any atom is 0.323 e. The number of rotatable bonds is 1. The van der Waals surface area contributed by atoms with Crippen molar-refractivity contribution >= 4 is 5.97 Å². The van der Waals surface area contributed by atoms with Gasteiger partial charge in [0.2, 0.25) is 0 Å². The number of carbonyl (C=O) groups is 1. The summed E-state index contributed by atoms with van der Waals surface area (Å²) in [6.45, 7) is 0. The number of esters is 1. The Bertz CT molecular complexity index is 310. The molecule has 1 saturated heterocycles.